The zero-order valence-corrected chi connectivity index (χ0v) is 8.72. The van der Waals surface area contributed by atoms with Crippen LogP contribution in [0.1, 0.15) is 38.5 Å². The molecule has 1 rings (SSSR count). The standard InChI is InChI=1S/C10H21N3O/c11-10(14)13-8-4-6-9-5-2-1-3-7-12-9/h9,12H,1-8H2,(H3,11,13,14). The molecule has 1 saturated heterocycles. The van der Waals surface area contributed by atoms with Gasteiger partial charge in [-0.25, -0.2) is 4.79 Å². The summed E-state index contributed by atoms with van der Waals surface area (Å²) in [6.45, 7) is 1.85. The third kappa shape index (κ3) is 5.07. The van der Waals surface area contributed by atoms with Gasteiger partial charge in [0, 0.05) is 12.6 Å². The number of urea groups is 1. The first-order chi connectivity index (χ1) is 6.79. The molecule has 0 saturated carbocycles. The molecule has 1 aliphatic rings. The lowest BCUT2D eigenvalue weighted by Crippen LogP contribution is -2.32. The van der Waals surface area contributed by atoms with Crippen molar-refractivity contribution in [1.29, 1.82) is 0 Å². The third-order valence-electron chi connectivity index (χ3n) is 2.69. The first-order valence-electron chi connectivity index (χ1n) is 5.56. The summed E-state index contributed by atoms with van der Waals surface area (Å²) in [5, 5.41) is 6.14. The molecule has 0 aromatic carbocycles. The molecule has 0 aromatic rings. The summed E-state index contributed by atoms with van der Waals surface area (Å²) < 4.78 is 0. The third-order valence-corrected chi connectivity index (χ3v) is 2.69. The van der Waals surface area contributed by atoms with Gasteiger partial charge in [-0.15, -0.1) is 0 Å². The van der Waals surface area contributed by atoms with Crippen molar-refractivity contribution in [1.82, 2.24) is 10.6 Å². The maximum Gasteiger partial charge on any atom is 0.312 e. The maximum atomic E-state index is 10.4. The number of hydrogen-bond acceptors (Lipinski definition) is 2. The van der Waals surface area contributed by atoms with Crippen molar-refractivity contribution in [3.8, 4) is 0 Å². The van der Waals surface area contributed by atoms with Crippen molar-refractivity contribution in [2.45, 2.75) is 44.6 Å². The summed E-state index contributed by atoms with van der Waals surface area (Å²) in [6.07, 6.45) is 7.41. The van der Waals surface area contributed by atoms with Gasteiger partial charge in [-0.3, -0.25) is 0 Å². The van der Waals surface area contributed by atoms with Gasteiger partial charge >= 0.3 is 6.03 Å². The average molecular weight is 199 g/mol. The monoisotopic (exact) mass is 199 g/mol. The summed E-state index contributed by atoms with van der Waals surface area (Å²) in [6, 6.07) is 0.228. The molecule has 1 aliphatic heterocycles. The largest absolute Gasteiger partial charge is 0.352 e. The molecule has 0 spiro atoms. The first kappa shape index (κ1) is 11.3. The number of nitrogens with one attached hydrogen (secondary N) is 2. The number of carbonyl (C=O) groups is 1. The van der Waals surface area contributed by atoms with Gasteiger partial charge in [0.15, 0.2) is 0 Å². The van der Waals surface area contributed by atoms with E-state index >= 15 is 0 Å². The molecular weight excluding hydrogens is 178 g/mol. The van der Waals surface area contributed by atoms with Gasteiger partial charge in [-0.05, 0) is 32.2 Å². The lowest BCUT2D eigenvalue weighted by atomic mass is 10.1. The fourth-order valence-corrected chi connectivity index (χ4v) is 1.91. The quantitative estimate of drug-likeness (QED) is 0.590. The Balaban J connectivity index is 2.01. The number of primary amides is 1. The summed E-state index contributed by atoms with van der Waals surface area (Å²) >= 11 is 0. The van der Waals surface area contributed by atoms with Crippen molar-refractivity contribution in [2.24, 2.45) is 5.73 Å². The first-order valence-corrected chi connectivity index (χ1v) is 5.56. The summed E-state index contributed by atoms with van der Waals surface area (Å²) in [5.74, 6) is 0. The zero-order valence-electron chi connectivity index (χ0n) is 8.72. The van der Waals surface area contributed by atoms with E-state index in [2.05, 4.69) is 10.6 Å². The van der Waals surface area contributed by atoms with Gasteiger partial charge in [0.2, 0.25) is 0 Å². The predicted molar refractivity (Wildman–Crippen MR) is 57.1 cm³/mol. The maximum absolute atomic E-state index is 10.4. The lowest BCUT2D eigenvalue weighted by molar-refractivity contribution is 0.248. The average Bonchev–Trinajstić information content (AvgIpc) is 2.40. The summed E-state index contributed by atoms with van der Waals surface area (Å²) in [4.78, 5) is 10.4. The van der Waals surface area contributed by atoms with E-state index in [0.717, 1.165) is 19.4 Å². The van der Waals surface area contributed by atoms with Crippen LogP contribution in [-0.4, -0.2) is 25.2 Å². The molecule has 1 atom stereocenters. The lowest BCUT2D eigenvalue weighted by Gasteiger charge is -2.15. The van der Waals surface area contributed by atoms with E-state index < -0.39 is 6.03 Å². The topological polar surface area (TPSA) is 67.2 Å². The Morgan fingerprint density at radius 1 is 1.43 bits per heavy atom. The van der Waals surface area contributed by atoms with Crippen LogP contribution in [0.5, 0.6) is 0 Å². The molecule has 4 N–H and O–H groups in total. The van der Waals surface area contributed by atoms with Gasteiger partial charge in [0.25, 0.3) is 0 Å². The Morgan fingerprint density at radius 2 is 2.29 bits per heavy atom. The van der Waals surface area contributed by atoms with Crippen LogP contribution in [0.2, 0.25) is 0 Å². The molecular formula is C10H21N3O. The second-order valence-electron chi connectivity index (χ2n) is 3.93. The molecule has 2 amide bonds. The molecule has 0 aromatic heterocycles. The highest BCUT2D eigenvalue weighted by molar-refractivity contribution is 5.71. The highest BCUT2D eigenvalue weighted by atomic mass is 16.2. The van der Waals surface area contributed by atoms with Crippen LogP contribution in [0.3, 0.4) is 0 Å². The van der Waals surface area contributed by atoms with Crippen LogP contribution in [-0.2, 0) is 0 Å². The number of hydrogen-bond donors (Lipinski definition) is 3. The van der Waals surface area contributed by atoms with Crippen molar-refractivity contribution < 1.29 is 4.79 Å². The Bertz CT molecular complexity index is 165. The predicted octanol–water partition coefficient (Wildman–Crippen LogP) is 0.967. The van der Waals surface area contributed by atoms with Crippen molar-refractivity contribution in [3.05, 3.63) is 0 Å². The summed E-state index contributed by atoms with van der Waals surface area (Å²) in [5.41, 5.74) is 4.97. The van der Waals surface area contributed by atoms with Crippen LogP contribution in [0.25, 0.3) is 0 Å². The molecule has 82 valence electrons. The molecule has 0 aliphatic carbocycles. The fourth-order valence-electron chi connectivity index (χ4n) is 1.91. The number of amides is 2. The van der Waals surface area contributed by atoms with Gasteiger partial charge in [0.05, 0.1) is 0 Å². The number of nitrogens with two attached hydrogens (primary N) is 1. The molecule has 14 heavy (non-hydrogen) atoms. The van der Waals surface area contributed by atoms with Crippen molar-refractivity contribution in [2.75, 3.05) is 13.1 Å². The minimum atomic E-state index is -0.418. The Kier molecular flexibility index (Phi) is 5.37. The SMILES string of the molecule is NC(=O)NCCCC1CCCCCN1. The van der Waals surface area contributed by atoms with Gasteiger partial charge in [-0.1, -0.05) is 12.8 Å². The van der Waals surface area contributed by atoms with Gasteiger partial charge < -0.3 is 16.4 Å². The van der Waals surface area contributed by atoms with E-state index in [9.17, 15) is 4.79 Å². The van der Waals surface area contributed by atoms with Crippen LogP contribution in [0.4, 0.5) is 4.79 Å². The summed E-state index contributed by atoms with van der Waals surface area (Å²) in [7, 11) is 0. The van der Waals surface area contributed by atoms with Crippen LogP contribution in [0.15, 0.2) is 0 Å². The molecule has 4 heteroatoms. The molecule has 0 bridgehead atoms. The highest BCUT2D eigenvalue weighted by Crippen LogP contribution is 2.11. The van der Waals surface area contributed by atoms with E-state index in [1.54, 1.807) is 0 Å². The molecule has 1 unspecified atom stereocenters. The van der Waals surface area contributed by atoms with Crippen LogP contribution >= 0.6 is 0 Å². The van der Waals surface area contributed by atoms with Crippen molar-refractivity contribution in [3.63, 3.8) is 0 Å². The second kappa shape index (κ2) is 6.65. The van der Waals surface area contributed by atoms with Gasteiger partial charge in [0.1, 0.15) is 0 Å². The molecule has 1 heterocycles. The fraction of sp³-hybridized carbons (Fsp3) is 0.900. The number of rotatable bonds is 4. The Labute approximate surface area is 85.6 Å². The smallest absolute Gasteiger partial charge is 0.312 e. The van der Waals surface area contributed by atoms with E-state index in [0.29, 0.717) is 12.6 Å². The normalized spacial score (nSPS) is 22.7. The van der Waals surface area contributed by atoms with Crippen LogP contribution in [0, 0.1) is 0 Å². The Morgan fingerprint density at radius 3 is 3.07 bits per heavy atom. The molecule has 4 nitrogen and oxygen atoms in total. The van der Waals surface area contributed by atoms with E-state index in [-0.39, 0.29) is 0 Å². The van der Waals surface area contributed by atoms with E-state index in [1.165, 1.54) is 25.7 Å². The van der Waals surface area contributed by atoms with Crippen molar-refractivity contribution >= 4 is 6.03 Å². The molecule has 1 fully saturated rings. The van der Waals surface area contributed by atoms with E-state index in [4.69, 9.17) is 5.73 Å². The highest BCUT2D eigenvalue weighted by Gasteiger charge is 2.10. The minimum absolute atomic E-state index is 0.418. The molecule has 0 radical (unpaired) electrons. The zero-order chi connectivity index (χ0) is 10.2. The van der Waals surface area contributed by atoms with Gasteiger partial charge in [-0.2, -0.15) is 0 Å². The second-order valence-corrected chi connectivity index (χ2v) is 3.93. The van der Waals surface area contributed by atoms with Crippen LogP contribution < -0.4 is 16.4 Å². The van der Waals surface area contributed by atoms with E-state index in [1.807, 2.05) is 0 Å². The number of carbonyl (C=O) groups excluding carboxylic acids is 1. The Hall–Kier alpha value is -0.770. The minimum Gasteiger partial charge on any atom is -0.352 e.